The third-order valence-corrected chi connectivity index (χ3v) is 4.87. The second kappa shape index (κ2) is 7.90. The average Bonchev–Trinajstić information content (AvgIpc) is 2.45. The first-order chi connectivity index (χ1) is 10.1. The van der Waals surface area contributed by atoms with Crippen molar-refractivity contribution < 1.29 is 14.1 Å². The van der Waals surface area contributed by atoms with Gasteiger partial charge in [0.2, 0.25) is 0 Å². The molecule has 0 aromatic heterocycles. The van der Waals surface area contributed by atoms with Gasteiger partial charge >= 0.3 is 0 Å². The van der Waals surface area contributed by atoms with Crippen LogP contribution in [0.2, 0.25) is 0 Å². The number of rotatable bonds is 5. The minimum absolute atomic E-state index is 0.149. The Morgan fingerprint density at radius 2 is 2.29 bits per heavy atom. The van der Waals surface area contributed by atoms with Crippen LogP contribution in [0.25, 0.3) is 0 Å². The number of carbonyl (C=O) groups excluding carboxylic acids is 1. The van der Waals surface area contributed by atoms with Crippen molar-refractivity contribution in [3.63, 3.8) is 0 Å². The highest BCUT2D eigenvalue weighted by atomic mass is 79.9. The van der Waals surface area contributed by atoms with Crippen molar-refractivity contribution in [1.82, 2.24) is 5.32 Å². The van der Waals surface area contributed by atoms with E-state index in [4.69, 9.17) is 0 Å². The Balaban J connectivity index is 1.74. The monoisotopic (exact) mass is 357 g/mol. The number of benzene rings is 1. The topological polar surface area (TPSA) is 33.5 Å². The highest BCUT2D eigenvalue weighted by Gasteiger charge is 2.21. The number of hydrogen-bond donors (Lipinski definition) is 2. The zero-order valence-electron chi connectivity index (χ0n) is 12.4. The molecular weight excluding hydrogens is 335 g/mol. The van der Waals surface area contributed by atoms with Crippen LogP contribution in [-0.2, 0) is 0 Å². The minimum Gasteiger partial charge on any atom is -0.352 e. The Bertz CT molecular complexity index is 495. The molecule has 2 N–H and O–H groups in total. The van der Waals surface area contributed by atoms with Crippen LogP contribution in [0.5, 0.6) is 0 Å². The van der Waals surface area contributed by atoms with Gasteiger partial charge in [0.25, 0.3) is 5.91 Å². The average molecular weight is 358 g/mol. The molecule has 0 saturated carbocycles. The van der Waals surface area contributed by atoms with Gasteiger partial charge in [0, 0.05) is 17.4 Å². The molecule has 21 heavy (non-hydrogen) atoms. The lowest BCUT2D eigenvalue weighted by molar-refractivity contribution is -0.928. The van der Waals surface area contributed by atoms with Gasteiger partial charge in [-0.3, -0.25) is 4.79 Å². The summed E-state index contributed by atoms with van der Waals surface area (Å²) in [6.07, 6.45) is 4.95. The van der Waals surface area contributed by atoms with Crippen LogP contribution in [0, 0.1) is 5.82 Å². The molecule has 0 spiro atoms. The van der Waals surface area contributed by atoms with E-state index in [2.05, 4.69) is 28.2 Å². The van der Waals surface area contributed by atoms with E-state index in [0.717, 1.165) is 19.0 Å². The third kappa shape index (κ3) is 4.78. The van der Waals surface area contributed by atoms with Gasteiger partial charge in [-0.1, -0.05) is 0 Å². The van der Waals surface area contributed by atoms with Crippen molar-refractivity contribution in [2.45, 2.75) is 38.6 Å². The van der Waals surface area contributed by atoms with Crippen LogP contribution in [0.3, 0.4) is 0 Å². The van der Waals surface area contributed by atoms with Crippen molar-refractivity contribution in [2.75, 3.05) is 19.6 Å². The van der Waals surface area contributed by atoms with Crippen molar-refractivity contribution in [2.24, 2.45) is 0 Å². The van der Waals surface area contributed by atoms with Gasteiger partial charge in [-0.2, -0.15) is 0 Å². The van der Waals surface area contributed by atoms with Gasteiger partial charge in [0.05, 0.1) is 24.7 Å². The summed E-state index contributed by atoms with van der Waals surface area (Å²) >= 11 is 3.22. The predicted octanol–water partition coefficient (Wildman–Crippen LogP) is 2.17. The number of hydrogen-bond acceptors (Lipinski definition) is 1. The minimum atomic E-state index is -0.346. The third-order valence-electron chi connectivity index (χ3n) is 4.22. The summed E-state index contributed by atoms with van der Waals surface area (Å²) in [5.74, 6) is -0.496. The van der Waals surface area contributed by atoms with Crippen LogP contribution >= 0.6 is 15.9 Å². The molecule has 0 bridgehead atoms. The standard InChI is InChI=1S/C16H22BrFN2O/c1-12-5-2-3-9-20(12)10-4-8-19-16(21)14-7-6-13(18)11-15(14)17/h6-7,11-12H,2-5,8-10H2,1H3,(H,19,21)/p+1/t12-/m1/s1. The lowest BCUT2D eigenvalue weighted by Gasteiger charge is -2.30. The Kier molecular flexibility index (Phi) is 6.18. The fraction of sp³-hybridized carbons (Fsp3) is 0.562. The van der Waals surface area contributed by atoms with Gasteiger partial charge in [-0.15, -0.1) is 0 Å². The first-order valence-electron chi connectivity index (χ1n) is 7.66. The smallest absolute Gasteiger partial charge is 0.252 e. The summed E-state index contributed by atoms with van der Waals surface area (Å²) in [6.45, 7) is 5.33. The molecule has 3 nitrogen and oxygen atoms in total. The zero-order valence-corrected chi connectivity index (χ0v) is 14.0. The van der Waals surface area contributed by atoms with E-state index >= 15 is 0 Å². The molecule has 1 aliphatic heterocycles. The van der Waals surface area contributed by atoms with E-state index in [1.165, 1.54) is 44.0 Å². The summed E-state index contributed by atoms with van der Waals surface area (Å²) < 4.78 is 13.5. The van der Waals surface area contributed by atoms with Gasteiger partial charge in [-0.05, 0) is 60.3 Å². The van der Waals surface area contributed by atoms with Crippen LogP contribution in [0.4, 0.5) is 4.39 Å². The van der Waals surface area contributed by atoms with Crippen LogP contribution in [-0.4, -0.2) is 31.6 Å². The van der Waals surface area contributed by atoms with Crippen molar-refractivity contribution >= 4 is 21.8 Å². The normalized spacial score (nSPS) is 22.0. The van der Waals surface area contributed by atoms with Crippen molar-refractivity contribution in [3.8, 4) is 0 Å². The van der Waals surface area contributed by atoms with E-state index in [0.29, 0.717) is 16.6 Å². The van der Waals surface area contributed by atoms with Gasteiger partial charge in [0.1, 0.15) is 5.82 Å². The predicted molar refractivity (Wildman–Crippen MR) is 85.1 cm³/mol. The number of likely N-dealkylation sites (tertiary alicyclic amines) is 1. The summed E-state index contributed by atoms with van der Waals surface area (Å²) in [7, 11) is 0. The molecule has 2 atom stereocenters. The second-order valence-corrected chi connectivity index (χ2v) is 6.64. The second-order valence-electron chi connectivity index (χ2n) is 5.79. The number of amides is 1. The van der Waals surface area contributed by atoms with Crippen LogP contribution < -0.4 is 10.2 Å². The lowest BCUT2D eigenvalue weighted by atomic mass is 10.0. The Morgan fingerprint density at radius 3 is 3.00 bits per heavy atom. The van der Waals surface area contributed by atoms with Gasteiger partial charge in [-0.25, -0.2) is 4.39 Å². The first-order valence-corrected chi connectivity index (χ1v) is 8.45. The van der Waals surface area contributed by atoms with E-state index in [1.54, 1.807) is 4.90 Å². The largest absolute Gasteiger partial charge is 0.352 e. The molecule has 1 aromatic rings. The SMILES string of the molecule is C[C@@H]1CCCC[NH+]1CCCNC(=O)c1ccc(F)cc1Br. The maximum Gasteiger partial charge on any atom is 0.252 e. The summed E-state index contributed by atoms with van der Waals surface area (Å²) in [4.78, 5) is 13.7. The molecule has 1 heterocycles. The van der Waals surface area contributed by atoms with Crippen LogP contribution in [0.1, 0.15) is 43.0 Å². The van der Waals surface area contributed by atoms with Gasteiger partial charge < -0.3 is 10.2 Å². The number of nitrogens with one attached hydrogen (secondary N) is 2. The lowest BCUT2D eigenvalue weighted by Crippen LogP contribution is -3.16. The van der Waals surface area contributed by atoms with E-state index in [9.17, 15) is 9.18 Å². The highest BCUT2D eigenvalue weighted by molar-refractivity contribution is 9.10. The highest BCUT2D eigenvalue weighted by Crippen LogP contribution is 2.17. The van der Waals surface area contributed by atoms with E-state index in [1.807, 2.05) is 0 Å². The Morgan fingerprint density at radius 1 is 1.48 bits per heavy atom. The molecule has 1 aliphatic rings. The summed E-state index contributed by atoms with van der Waals surface area (Å²) in [5, 5.41) is 2.91. The van der Waals surface area contributed by atoms with Gasteiger partial charge in [0.15, 0.2) is 0 Å². The van der Waals surface area contributed by atoms with Crippen molar-refractivity contribution in [1.29, 1.82) is 0 Å². The van der Waals surface area contributed by atoms with E-state index < -0.39 is 0 Å². The fourth-order valence-corrected chi connectivity index (χ4v) is 3.44. The van der Waals surface area contributed by atoms with Crippen molar-refractivity contribution in [3.05, 3.63) is 34.1 Å². The Labute approximate surface area is 134 Å². The fourth-order valence-electron chi connectivity index (χ4n) is 2.91. The van der Waals surface area contributed by atoms with E-state index in [-0.39, 0.29) is 11.7 Å². The first kappa shape index (κ1) is 16.4. The molecular formula is C16H23BrFN2O+. The summed E-state index contributed by atoms with van der Waals surface area (Å²) in [6, 6.07) is 4.86. The number of halogens is 2. The molecule has 1 saturated heterocycles. The zero-order chi connectivity index (χ0) is 15.2. The molecule has 0 aliphatic carbocycles. The number of quaternary nitrogens is 1. The number of piperidine rings is 1. The maximum absolute atomic E-state index is 13.0. The number of carbonyl (C=O) groups is 1. The molecule has 2 rings (SSSR count). The quantitative estimate of drug-likeness (QED) is 0.778. The molecule has 116 valence electrons. The molecule has 1 amide bonds. The Hall–Kier alpha value is -0.940. The molecule has 5 heteroatoms. The van der Waals surface area contributed by atoms with Crippen LogP contribution in [0.15, 0.2) is 22.7 Å². The molecule has 0 radical (unpaired) electrons. The maximum atomic E-state index is 13.0. The molecule has 1 aromatic carbocycles. The molecule has 1 fully saturated rings. The molecule has 1 unspecified atom stereocenters. The summed E-state index contributed by atoms with van der Waals surface area (Å²) in [5.41, 5.74) is 0.482.